The molecular formula is C100H74N6OSi2. The zero-order chi connectivity index (χ0) is 72.8. The van der Waals surface area contributed by atoms with Gasteiger partial charge < -0.3 is 13.2 Å². The second kappa shape index (κ2) is 26.3. The molecule has 20 rings (SSSR count). The molecule has 0 amide bonds. The van der Waals surface area contributed by atoms with Gasteiger partial charge in [0, 0.05) is 66.6 Å². The molecule has 518 valence electrons. The van der Waals surface area contributed by atoms with Crippen LogP contribution in [-0.2, 0) is 5.41 Å². The topological polar surface area (TPSA) is 45.7 Å². The van der Waals surface area contributed by atoms with Crippen LogP contribution in [0.1, 0.15) is 26.3 Å². The van der Waals surface area contributed by atoms with Gasteiger partial charge in [-0.15, -0.1) is 0 Å². The molecule has 0 radical (unpaired) electrons. The summed E-state index contributed by atoms with van der Waals surface area (Å²) in [5.74, 6) is 2.28. The van der Waals surface area contributed by atoms with Gasteiger partial charge in [0.05, 0.1) is 33.4 Å². The van der Waals surface area contributed by atoms with Crippen LogP contribution in [0.25, 0.3) is 116 Å². The number of hydrogen-bond acceptors (Lipinski definition) is 2. The highest BCUT2D eigenvalue weighted by molar-refractivity contribution is 7.12. The molecule has 7 nitrogen and oxygen atoms in total. The third kappa shape index (κ3) is 10.5. The summed E-state index contributed by atoms with van der Waals surface area (Å²) < 4.78 is 19.4. The first kappa shape index (κ1) is 65.1. The van der Waals surface area contributed by atoms with Crippen molar-refractivity contribution in [3.05, 3.63) is 406 Å². The van der Waals surface area contributed by atoms with Crippen LogP contribution in [0, 0.1) is 6.33 Å². The highest BCUT2D eigenvalue weighted by atomic mass is 28.3. The number of fused-ring (bicyclic) bond motifs is 10. The molecule has 0 N–H and O–H groups in total. The minimum atomic E-state index is -3.36. The lowest BCUT2D eigenvalue weighted by molar-refractivity contribution is -0.571. The molecule has 0 bridgehead atoms. The molecule has 0 fully saturated rings. The summed E-state index contributed by atoms with van der Waals surface area (Å²) in [7, 11) is -6.71. The van der Waals surface area contributed by atoms with Crippen LogP contribution in [0.2, 0.25) is 0 Å². The molecule has 20 aromatic rings. The van der Waals surface area contributed by atoms with Crippen LogP contribution in [0.5, 0.6) is 11.5 Å². The third-order valence-electron chi connectivity index (χ3n) is 22.4. The molecule has 5 heterocycles. The van der Waals surface area contributed by atoms with Crippen molar-refractivity contribution in [2.45, 2.75) is 26.2 Å². The molecule has 0 atom stereocenters. The van der Waals surface area contributed by atoms with Gasteiger partial charge in [-0.3, -0.25) is 13.7 Å². The zero-order valence-electron chi connectivity index (χ0n) is 60.6. The van der Waals surface area contributed by atoms with E-state index in [4.69, 9.17) is 9.72 Å². The molecule has 0 aliphatic rings. The maximum absolute atomic E-state index is 7.06. The van der Waals surface area contributed by atoms with Gasteiger partial charge in [0.2, 0.25) is 0 Å². The summed E-state index contributed by atoms with van der Waals surface area (Å²) in [4.78, 5) is 4.99. The molecule has 0 saturated heterocycles. The quantitative estimate of drug-likeness (QED) is 0.0444. The molecule has 5 aromatic heterocycles. The van der Waals surface area contributed by atoms with Crippen LogP contribution in [0.4, 0.5) is 0 Å². The normalized spacial score (nSPS) is 12.2. The number of aromatic nitrogens is 6. The van der Waals surface area contributed by atoms with Crippen molar-refractivity contribution in [2.75, 3.05) is 0 Å². The average Bonchev–Trinajstić information content (AvgIpc) is 1.63. The molecule has 109 heavy (non-hydrogen) atoms. The predicted octanol–water partition coefficient (Wildman–Crippen LogP) is 19.9. The number of ether oxygens (including phenoxy) is 1. The fourth-order valence-electron chi connectivity index (χ4n) is 17.6. The van der Waals surface area contributed by atoms with Crippen molar-refractivity contribution in [2.24, 2.45) is 0 Å². The van der Waals surface area contributed by atoms with E-state index in [0.717, 1.165) is 78.0 Å². The SMILES string of the molecule is CC(C)(C)c1ccnc(-n2c3ccccc3c3ccc(Oc4cccc(-n5[c-][n+](-c6c(-c7cccc([Si](c8ccccc8)(c8ccccc8)n8c9ccccc9c9ccccc98)c7)cccc6-c6cccc([Si](c7ccccc7)(c7ccccc7)n7c8ccccc8c8ccccc87)c6)c6ccccc65)c4)cc32)c1. The van der Waals surface area contributed by atoms with Gasteiger partial charge in [-0.1, -0.05) is 330 Å². The van der Waals surface area contributed by atoms with Crippen LogP contribution in [0.3, 0.4) is 0 Å². The second-order valence-corrected chi connectivity index (χ2v) is 36.7. The first-order valence-electron chi connectivity index (χ1n) is 37.5. The van der Waals surface area contributed by atoms with Crippen molar-refractivity contribution >= 4 is 124 Å². The lowest BCUT2D eigenvalue weighted by atomic mass is 9.88. The summed E-state index contributed by atoms with van der Waals surface area (Å²) in [5, 5.41) is 14.8. The summed E-state index contributed by atoms with van der Waals surface area (Å²) >= 11 is 0. The monoisotopic (exact) mass is 1430 g/mol. The van der Waals surface area contributed by atoms with Crippen molar-refractivity contribution < 1.29 is 9.30 Å². The standard InChI is InChI=1S/C100H74N6OSi2/c1-100(2,3)72-62-63-101-98(66-72)104-90-53-21-16-46-84(90)89-61-60-75(68-97(89)104)107-74-35-30-34-73(67-74)102-69-103(96-59-27-26-58-95(96)102)99-82(70-32-28-44-80(64-70)108(76-36-8-4-9-37-76,77-38-10-5-11-39-77)105-91-54-22-17-47-85(91)86-48-18-23-55-92(86)105)51-31-52-83(99)71-33-29-45-81(65-71)109(78-40-12-6-13-41-78,79-42-14-7-15-43-79)106-93-56-24-19-49-87(93)88-50-20-25-57-94(88)106/h4-68H,1-3H3. The Bertz CT molecular complexity index is 6440. The first-order valence-corrected chi connectivity index (χ1v) is 41.4. The molecular weight excluding hydrogens is 1360 g/mol. The summed E-state index contributed by atoms with van der Waals surface area (Å²) in [6.07, 6.45) is 6.04. The van der Waals surface area contributed by atoms with Crippen molar-refractivity contribution in [1.82, 2.24) is 22.6 Å². The lowest BCUT2D eigenvalue weighted by Crippen LogP contribution is -2.72. The van der Waals surface area contributed by atoms with E-state index in [1.54, 1.807) is 0 Å². The Kier molecular flexibility index (Phi) is 15.7. The van der Waals surface area contributed by atoms with Gasteiger partial charge >= 0.3 is 0 Å². The van der Waals surface area contributed by atoms with Crippen molar-refractivity contribution in [1.29, 1.82) is 0 Å². The fourth-order valence-corrected chi connectivity index (χ4v) is 27.5. The van der Waals surface area contributed by atoms with E-state index >= 15 is 0 Å². The van der Waals surface area contributed by atoms with E-state index in [2.05, 4.69) is 431 Å². The highest BCUT2D eigenvalue weighted by Gasteiger charge is 2.46. The minimum absolute atomic E-state index is 0.0612. The zero-order valence-corrected chi connectivity index (χ0v) is 62.6. The fraction of sp³-hybridized carbons (Fsp3) is 0.0400. The van der Waals surface area contributed by atoms with E-state index < -0.39 is 16.5 Å². The smallest absolute Gasteiger partial charge is 0.269 e. The van der Waals surface area contributed by atoms with Gasteiger partial charge in [-0.05, 0) is 137 Å². The Labute approximate surface area is 635 Å². The Morgan fingerprint density at radius 3 is 1.20 bits per heavy atom. The van der Waals surface area contributed by atoms with Crippen LogP contribution in [-0.4, -0.2) is 39.1 Å². The summed E-state index contributed by atoms with van der Waals surface area (Å²) in [6, 6.07) is 144. The predicted molar refractivity (Wildman–Crippen MR) is 457 cm³/mol. The molecule has 15 aromatic carbocycles. The molecule has 0 aliphatic carbocycles. The van der Waals surface area contributed by atoms with Gasteiger partial charge in [0.25, 0.3) is 22.8 Å². The van der Waals surface area contributed by atoms with E-state index in [-0.39, 0.29) is 5.41 Å². The number of imidazole rings is 1. The first-order chi connectivity index (χ1) is 53.7. The molecule has 9 heteroatoms. The number of para-hydroxylation sites is 8. The number of hydrogen-bond donors (Lipinski definition) is 0. The molecule has 0 saturated carbocycles. The molecule has 0 spiro atoms. The maximum atomic E-state index is 7.06. The van der Waals surface area contributed by atoms with E-state index in [9.17, 15) is 0 Å². The number of benzene rings is 15. The van der Waals surface area contributed by atoms with E-state index in [0.29, 0.717) is 5.75 Å². The highest BCUT2D eigenvalue weighted by Crippen LogP contribution is 2.41. The Balaban J connectivity index is 0.819. The van der Waals surface area contributed by atoms with E-state index in [1.165, 1.54) is 80.3 Å². The van der Waals surface area contributed by atoms with E-state index in [1.807, 2.05) is 12.3 Å². The van der Waals surface area contributed by atoms with Gasteiger partial charge in [-0.25, -0.2) is 4.98 Å². The Hall–Kier alpha value is -13.4. The maximum Gasteiger partial charge on any atom is 0.269 e. The Morgan fingerprint density at radius 1 is 0.321 bits per heavy atom. The van der Waals surface area contributed by atoms with Crippen LogP contribution >= 0.6 is 0 Å². The average molecular weight is 1430 g/mol. The number of pyridine rings is 1. The second-order valence-electron chi connectivity index (χ2n) is 29.5. The minimum Gasteiger partial charge on any atom is -0.458 e. The summed E-state index contributed by atoms with van der Waals surface area (Å²) in [5.41, 5.74) is 16.2. The Morgan fingerprint density at radius 2 is 0.716 bits per heavy atom. The van der Waals surface area contributed by atoms with Crippen molar-refractivity contribution in [3.63, 3.8) is 0 Å². The van der Waals surface area contributed by atoms with Crippen LogP contribution in [0.15, 0.2) is 394 Å². The van der Waals surface area contributed by atoms with Gasteiger partial charge in [0.1, 0.15) is 17.3 Å². The summed E-state index contributed by atoms with van der Waals surface area (Å²) in [6.45, 7) is 6.74. The van der Waals surface area contributed by atoms with Gasteiger partial charge in [-0.2, -0.15) is 0 Å². The lowest BCUT2D eigenvalue weighted by Gasteiger charge is -2.37. The molecule has 0 unspecified atom stereocenters. The molecule has 0 aliphatic heterocycles. The largest absolute Gasteiger partial charge is 0.458 e. The van der Waals surface area contributed by atoms with Gasteiger partial charge in [0.15, 0.2) is 0 Å². The number of rotatable bonds is 15. The van der Waals surface area contributed by atoms with Crippen LogP contribution < -0.4 is 40.4 Å². The number of nitrogens with zero attached hydrogens (tertiary/aromatic N) is 6. The third-order valence-corrected chi connectivity index (χ3v) is 31.7. The van der Waals surface area contributed by atoms with Crippen molar-refractivity contribution in [3.8, 4) is 50.9 Å².